The number of anilines is 1. The molecule has 1 radical (unpaired) electrons. The molecule has 4 N–H and O–H groups in total. The minimum Gasteiger partial charge on any atom is -0.390 e. The standard InChI is InChI=1S/C8H9N5O3.Na/c1-13-6-4(5(15)3(2-14)12-13)7(16)11-8(9)10-6;/h14H,2H2,1H3,(H3,9,10,11,16);. The summed E-state index contributed by atoms with van der Waals surface area (Å²) in [5.74, 6) is -0.0916. The van der Waals surface area contributed by atoms with E-state index in [0.29, 0.717) is 0 Å². The van der Waals surface area contributed by atoms with Crippen LogP contribution in [0, 0.1) is 0 Å². The first kappa shape index (κ1) is 13.8. The van der Waals surface area contributed by atoms with Crippen molar-refractivity contribution < 1.29 is 5.11 Å². The summed E-state index contributed by atoms with van der Waals surface area (Å²) < 4.78 is 1.23. The minimum atomic E-state index is -0.639. The monoisotopic (exact) mass is 246 g/mol. The van der Waals surface area contributed by atoms with Gasteiger partial charge in [-0.15, -0.1) is 0 Å². The summed E-state index contributed by atoms with van der Waals surface area (Å²) in [5.41, 5.74) is 4.06. The zero-order valence-electron chi connectivity index (χ0n) is 9.39. The number of nitrogens with two attached hydrogens (primary N) is 1. The van der Waals surface area contributed by atoms with Crippen LogP contribution in [0.2, 0.25) is 0 Å². The molecule has 2 rings (SSSR count). The summed E-state index contributed by atoms with van der Waals surface area (Å²) in [4.78, 5) is 29.3. The van der Waals surface area contributed by atoms with Crippen molar-refractivity contribution in [3.8, 4) is 0 Å². The van der Waals surface area contributed by atoms with Crippen LogP contribution in [-0.2, 0) is 13.7 Å². The largest absolute Gasteiger partial charge is 0.390 e. The summed E-state index contributed by atoms with van der Waals surface area (Å²) in [6, 6.07) is 0. The Labute approximate surface area is 117 Å². The Morgan fingerprint density at radius 2 is 2.12 bits per heavy atom. The second kappa shape index (κ2) is 4.96. The maximum absolute atomic E-state index is 11.7. The molecule has 0 saturated heterocycles. The fourth-order valence-corrected chi connectivity index (χ4v) is 1.44. The van der Waals surface area contributed by atoms with Crippen molar-refractivity contribution in [3.05, 3.63) is 26.3 Å². The molecule has 0 aliphatic rings. The number of aliphatic hydroxyl groups is 1. The molecule has 0 atom stereocenters. The smallest absolute Gasteiger partial charge is 0.265 e. The van der Waals surface area contributed by atoms with Gasteiger partial charge in [0.25, 0.3) is 5.56 Å². The second-order valence-electron chi connectivity index (χ2n) is 3.21. The Hall–Kier alpha value is -1.22. The van der Waals surface area contributed by atoms with E-state index in [-0.39, 0.29) is 52.2 Å². The van der Waals surface area contributed by atoms with E-state index in [9.17, 15) is 9.59 Å². The van der Waals surface area contributed by atoms with Crippen LogP contribution in [0.1, 0.15) is 5.69 Å². The van der Waals surface area contributed by atoms with E-state index in [2.05, 4.69) is 15.1 Å². The van der Waals surface area contributed by atoms with Crippen molar-refractivity contribution in [2.24, 2.45) is 7.05 Å². The first-order valence-corrected chi connectivity index (χ1v) is 4.41. The van der Waals surface area contributed by atoms with E-state index in [4.69, 9.17) is 10.8 Å². The predicted octanol–water partition coefficient (Wildman–Crippen LogP) is -2.29. The van der Waals surface area contributed by atoms with Crippen LogP contribution in [0.3, 0.4) is 0 Å². The molecule has 0 fully saturated rings. The summed E-state index contributed by atoms with van der Waals surface area (Å²) in [7, 11) is 1.51. The maximum Gasteiger partial charge on any atom is 0.265 e. The van der Waals surface area contributed by atoms with Crippen LogP contribution in [0.5, 0.6) is 0 Å². The van der Waals surface area contributed by atoms with Crippen LogP contribution >= 0.6 is 0 Å². The van der Waals surface area contributed by atoms with E-state index in [0.717, 1.165) is 0 Å². The Balaban J connectivity index is 0.00000144. The number of aryl methyl sites for hydroxylation is 1. The number of nitrogens with one attached hydrogen (secondary N) is 1. The number of rotatable bonds is 1. The first-order valence-electron chi connectivity index (χ1n) is 4.41. The topological polar surface area (TPSA) is 127 Å². The number of aromatic nitrogens is 4. The molecule has 0 amide bonds. The summed E-state index contributed by atoms with van der Waals surface area (Å²) in [6.07, 6.45) is 0. The fraction of sp³-hybridized carbons (Fsp3) is 0.250. The van der Waals surface area contributed by atoms with E-state index < -0.39 is 17.6 Å². The molecule has 0 aliphatic heterocycles. The van der Waals surface area contributed by atoms with Crippen LogP contribution < -0.4 is 16.7 Å². The molecule has 0 bridgehead atoms. The van der Waals surface area contributed by atoms with Gasteiger partial charge in [-0.3, -0.25) is 14.6 Å². The molecular weight excluding hydrogens is 237 g/mol. The molecule has 17 heavy (non-hydrogen) atoms. The number of aromatic amines is 1. The Bertz CT molecular complexity index is 677. The normalized spacial score (nSPS) is 10.2. The summed E-state index contributed by atoms with van der Waals surface area (Å²) in [6.45, 7) is -0.535. The van der Waals surface area contributed by atoms with Gasteiger partial charge in [-0.05, 0) is 0 Å². The number of aliphatic hydroxyl groups excluding tert-OH is 1. The molecule has 0 spiro atoms. The zero-order valence-corrected chi connectivity index (χ0v) is 11.4. The number of nitrogens with zero attached hydrogens (tertiary/aromatic N) is 3. The number of H-pyrrole nitrogens is 1. The van der Waals surface area contributed by atoms with Gasteiger partial charge >= 0.3 is 0 Å². The quantitative estimate of drug-likeness (QED) is 0.486. The van der Waals surface area contributed by atoms with Crippen molar-refractivity contribution in [1.29, 1.82) is 0 Å². The third-order valence-corrected chi connectivity index (χ3v) is 2.13. The van der Waals surface area contributed by atoms with Crippen LogP contribution in [0.4, 0.5) is 5.95 Å². The summed E-state index contributed by atoms with van der Waals surface area (Å²) in [5, 5.41) is 12.5. The number of fused-ring (bicyclic) bond motifs is 1. The van der Waals surface area contributed by atoms with Crippen molar-refractivity contribution >= 4 is 46.5 Å². The maximum atomic E-state index is 11.7. The molecule has 0 unspecified atom stereocenters. The van der Waals surface area contributed by atoms with Gasteiger partial charge in [0.05, 0.1) is 6.61 Å². The third kappa shape index (κ3) is 2.25. The van der Waals surface area contributed by atoms with E-state index in [1.807, 2.05) is 0 Å². The molecule has 0 aromatic carbocycles. The van der Waals surface area contributed by atoms with E-state index >= 15 is 0 Å². The van der Waals surface area contributed by atoms with E-state index in [1.165, 1.54) is 11.7 Å². The molecule has 2 aromatic rings. The van der Waals surface area contributed by atoms with Gasteiger partial charge < -0.3 is 10.8 Å². The zero-order chi connectivity index (χ0) is 11.9. The van der Waals surface area contributed by atoms with Gasteiger partial charge in [0.15, 0.2) is 5.65 Å². The van der Waals surface area contributed by atoms with Gasteiger partial charge in [-0.1, -0.05) is 0 Å². The number of hydrogen-bond donors (Lipinski definition) is 3. The van der Waals surface area contributed by atoms with Crippen LogP contribution in [-0.4, -0.2) is 54.4 Å². The molecule has 9 heteroatoms. The molecule has 85 valence electrons. The Morgan fingerprint density at radius 1 is 1.47 bits per heavy atom. The predicted molar refractivity (Wildman–Crippen MR) is 61.5 cm³/mol. The summed E-state index contributed by atoms with van der Waals surface area (Å²) >= 11 is 0. The average molecular weight is 246 g/mol. The second-order valence-corrected chi connectivity index (χ2v) is 3.21. The average Bonchev–Trinajstić information content (AvgIpc) is 2.22. The Kier molecular flexibility index (Phi) is 4.04. The van der Waals surface area contributed by atoms with Crippen LogP contribution in [0.25, 0.3) is 11.0 Å². The third-order valence-electron chi connectivity index (χ3n) is 2.13. The van der Waals surface area contributed by atoms with Crippen molar-refractivity contribution in [2.75, 3.05) is 5.73 Å². The molecule has 8 nitrogen and oxygen atoms in total. The number of hydrogen-bond acceptors (Lipinski definition) is 6. The van der Waals surface area contributed by atoms with Gasteiger partial charge in [0.1, 0.15) is 11.1 Å². The Morgan fingerprint density at radius 3 is 2.71 bits per heavy atom. The SMILES string of the molecule is Cn1nc(CO)c(=O)c2c(=O)[nH]c(N)nc21.[Na]. The fourth-order valence-electron chi connectivity index (χ4n) is 1.44. The van der Waals surface area contributed by atoms with Crippen molar-refractivity contribution in [1.82, 2.24) is 19.7 Å². The minimum absolute atomic E-state index is 0. The van der Waals surface area contributed by atoms with E-state index in [1.54, 1.807) is 0 Å². The van der Waals surface area contributed by atoms with Crippen molar-refractivity contribution in [2.45, 2.75) is 6.61 Å². The van der Waals surface area contributed by atoms with Crippen molar-refractivity contribution in [3.63, 3.8) is 0 Å². The van der Waals surface area contributed by atoms with Crippen LogP contribution in [0.15, 0.2) is 9.59 Å². The molecule has 0 saturated carbocycles. The van der Waals surface area contributed by atoms with Gasteiger partial charge in [-0.25, -0.2) is 4.68 Å². The van der Waals surface area contributed by atoms with Gasteiger partial charge in [-0.2, -0.15) is 10.1 Å². The molecule has 2 heterocycles. The molecule has 0 aliphatic carbocycles. The molecular formula is C8H9N5NaO3. The van der Waals surface area contributed by atoms with Gasteiger partial charge in [0, 0.05) is 36.6 Å². The first-order chi connectivity index (χ1) is 7.54. The molecule has 2 aromatic heterocycles. The van der Waals surface area contributed by atoms with Gasteiger partial charge in [0.2, 0.25) is 11.4 Å². The number of nitrogen functional groups attached to an aromatic ring is 1.